The standard InChI is InChI=1S/C17H19ClN4O2.ClH/c18-12-5-1-2-6-13(12)22-10-11(9-14(22)23)15-20-16(21-24-15)17(19)7-3-4-8-17;/h1-2,5-6,11H,3-4,7-10,19H2;1H. The Labute approximate surface area is 157 Å². The Morgan fingerprint density at radius 3 is 2.72 bits per heavy atom. The van der Waals surface area contributed by atoms with Crippen LogP contribution in [0.3, 0.4) is 0 Å². The van der Waals surface area contributed by atoms with Crippen molar-refractivity contribution in [3.63, 3.8) is 0 Å². The molecule has 1 atom stereocenters. The van der Waals surface area contributed by atoms with Crippen molar-refractivity contribution in [2.24, 2.45) is 5.73 Å². The normalized spacial score (nSPS) is 22.2. The number of para-hydroxylation sites is 1. The van der Waals surface area contributed by atoms with Gasteiger partial charge in [0, 0.05) is 13.0 Å². The Balaban J connectivity index is 0.00000182. The Kier molecular flexibility index (Phi) is 5.04. The number of carbonyl (C=O) groups is 1. The molecular weight excluding hydrogens is 363 g/mol. The lowest BCUT2D eigenvalue weighted by Gasteiger charge is -2.18. The highest BCUT2D eigenvalue weighted by molar-refractivity contribution is 6.33. The minimum absolute atomic E-state index is 0. The molecule has 1 amide bonds. The molecule has 1 saturated heterocycles. The summed E-state index contributed by atoms with van der Waals surface area (Å²) in [5, 5.41) is 4.65. The predicted octanol–water partition coefficient (Wildman–Crippen LogP) is 3.39. The van der Waals surface area contributed by atoms with Crippen molar-refractivity contribution in [2.45, 2.75) is 43.6 Å². The molecule has 0 radical (unpaired) electrons. The summed E-state index contributed by atoms with van der Waals surface area (Å²) in [6.07, 6.45) is 4.26. The van der Waals surface area contributed by atoms with Gasteiger partial charge in [0.15, 0.2) is 5.82 Å². The van der Waals surface area contributed by atoms with Crippen LogP contribution in [-0.4, -0.2) is 22.6 Å². The van der Waals surface area contributed by atoms with Crippen molar-refractivity contribution in [2.75, 3.05) is 11.4 Å². The minimum atomic E-state index is -0.479. The van der Waals surface area contributed by atoms with Gasteiger partial charge in [-0.2, -0.15) is 4.98 Å². The number of nitrogens with zero attached hydrogens (tertiary/aromatic N) is 3. The summed E-state index contributed by atoms with van der Waals surface area (Å²) in [6.45, 7) is 0.488. The Bertz CT molecular complexity index is 774. The molecule has 25 heavy (non-hydrogen) atoms. The van der Waals surface area contributed by atoms with E-state index in [0.717, 1.165) is 31.4 Å². The first-order chi connectivity index (χ1) is 11.6. The number of nitrogens with two attached hydrogens (primary N) is 1. The van der Waals surface area contributed by atoms with Gasteiger partial charge in [0.2, 0.25) is 11.8 Å². The largest absolute Gasteiger partial charge is 0.339 e. The van der Waals surface area contributed by atoms with E-state index in [9.17, 15) is 4.79 Å². The highest BCUT2D eigenvalue weighted by Crippen LogP contribution is 2.37. The summed E-state index contributed by atoms with van der Waals surface area (Å²) in [6, 6.07) is 7.33. The summed E-state index contributed by atoms with van der Waals surface area (Å²) >= 11 is 6.21. The molecule has 134 valence electrons. The van der Waals surface area contributed by atoms with Crippen LogP contribution in [0.25, 0.3) is 0 Å². The molecule has 6 nitrogen and oxygen atoms in total. The Morgan fingerprint density at radius 1 is 1.28 bits per heavy atom. The van der Waals surface area contributed by atoms with Gasteiger partial charge in [-0.25, -0.2) is 0 Å². The lowest BCUT2D eigenvalue weighted by molar-refractivity contribution is -0.117. The van der Waals surface area contributed by atoms with Crippen molar-refractivity contribution in [1.29, 1.82) is 0 Å². The zero-order valence-electron chi connectivity index (χ0n) is 13.7. The number of hydrogen-bond donors (Lipinski definition) is 1. The van der Waals surface area contributed by atoms with Gasteiger partial charge < -0.3 is 15.2 Å². The zero-order valence-corrected chi connectivity index (χ0v) is 15.2. The molecule has 0 spiro atoms. The van der Waals surface area contributed by atoms with Crippen molar-refractivity contribution in [1.82, 2.24) is 10.1 Å². The number of rotatable bonds is 3. The van der Waals surface area contributed by atoms with Crippen LogP contribution in [0.15, 0.2) is 28.8 Å². The van der Waals surface area contributed by atoms with E-state index in [1.807, 2.05) is 18.2 Å². The van der Waals surface area contributed by atoms with Crippen molar-refractivity contribution < 1.29 is 9.32 Å². The van der Waals surface area contributed by atoms with Crippen LogP contribution in [0.5, 0.6) is 0 Å². The molecule has 4 rings (SSSR count). The smallest absolute Gasteiger partial charge is 0.232 e. The van der Waals surface area contributed by atoms with Gasteiger partial charge in [-0.15, -0.1) is 12.4 Å². The van der Waals surface area contributed by atoms with Crippen LogP contribution in [0, 0.1) is 0 Å². The van der Waals surface area contributed by atoms with Crippen LogP contribution in [0.4, 0.5) is 5.69 Å². The summed E-state index contributed by atoms with van der Waals surface area (Å²) in [5.74, 6) is 0.944. The molecule has 1 unspecified atom stereocenters. The topological polar surface area (TPSA) is 85.2 Å². The van der Waals surface area contributed by atoms with E-state index in [4.69, 9.17) is 21.9 Å². The maximum Gasteiger partial charge on any atom is 0.232 e. The molecule has 2 N–H and O–H groups in total. The first kappa shape index (κ1) is 18.2. The molecule has 1 aromatic carbocycles. The molecule has 1 aliphatic carbocycles. The van der Waals surface area contributed by atoms with Crippen molar-refractivity contribution >= 4 is 35.6 Å². The predicted molar refractivity (Wildman–Crippen MR) is 97.0 cm³/mol. The average molecular weight is 383 g/mol. The lowest BCUT2D eigenvalue weighted by atomic mass is 9.98. The van der Waals surface area contributed by atoms with Crippen LogP contribution in [0.1, 0.15) is 49.7 Å². The number of aromatic nitrogens is 2. The van der Waals surface area contributed by atoms with E-state index in [-0.39, 0.29) is 24.2 Å². The monoisotopic (exact) mass is 382 g/mol. The summed E-state index contributed by atoms with van der Waals surface area (Å²) in [7, 11) is 0. The SMILES string of the molecule is Cl.NC1(c2noc(C3CC(=O)N(c4ccccc4Cl)C3)n2)CCCC1. The molecule has 2 heterocycles. The Hall–Kier alpha value is -1.63. The number of anilines is 1. The number of halogens is 2. The highest BCUT2D eigenvalue weighted by atomic mass is 35.5. The molecule has 8 heteroatoms. The van der Waals surface area contributed by atoms with Gasteiger partial charge in [-0.3, -0.25) is 4.79 Å². The van der Waals surface area contributed by atoms with Crippen LogP contribution >= 0.6 is 24.0 Å². The van der Waals surface area contributed by atoms with E-state index in [0.29, 0.717) is 29.7 Å². The first-order valence-corrected chi connectivity index (χ1v) is 8.62. The van der Waals surface area contributed by atoms with Gasteiger partial charge in [0.1, 0.15) is 0 Å². The third-order valence-electron chi connectivity index (χ3n) is 5.00. The van der Waals surface area contributed by atoms with Crippen LogP contribution < -0.4 is 10.6 Å². The quantitative estimate of drug-likeness (QED) is 0.878. The van der Waals surface area contributed by atoms with E-state index in [1.165, 1.54) is 0 Å². The molecule has 0 bridgehead atoms. The second-order valence-electron chi connectivity index (χ2n) is 6.68. The molecule has 2 aliphatic rings. The van der Waals surface area contributed by atoms with Crippen molar-refractivity contribution in [3.8, 4) is 0 Å². The number of carbonyl (C=O) groups excluding carboxylic acids is 1. The first-order valence-electron chi connectivity index (χ1n) is 8.25. The van der Waals surface area contributed by atoms with E-state index < -0.39 is 5.54 Å². The van der Waals surface area contributed by atoms with Gasteiger partial charge >= 0.3 is 0 Å². The highest BCUT2D eigenvalue weighted by Gasteiger charge is 2.39. The Morgan fingerprint density at radius 2 is 2.00 bits per heavy atom. The summed E-state index contributed by atoms with van der Waals surface area (Å²) < 4.78 is 5.44. The van der Waals surface area contributed by atoms with Crippen molar-refractivity contribution in [3.05, 3.63) is 41.0 Å². The maximum atomic E-state index is 12.4. The fourth-order valence-electron chi connectivity index (χ4n) is 3.61. The third kappa shape index (κ3) is 3.26. The number of amides is 1. The zero-order chi connectivity index (χ0) is 16.7. The minimum Gasteiger partial charge on any atom is -0.339 e. The maximum absolute atomic E-state index is 12.4. The van der Waals surface area contributed by atoms with Gasteiger partial charge in [0.25, 0.3) is 0 Å². The van der Waals surface area contributed by atoms with Gasteiger partial charge in [-0.05, 0) is 25.0 Å². The van der Waals surface area contributed by atoms with Crippen LogP contribution in [-0.2, 0) is 10.3 Å². The summed E-state index contributed by atoms with van der Waals surface area (Å²) in [5.41, 5.74) is 6.62. The molecule has 2 aromatic rings. The number of hydrogen-bond acceptors (Lipinski definition) is 5. The van der Waals surface area contributed by atoms with E-state index in [1.54, 1.807) is 11.0 Å². The number of benzene rings is 1. The van der Waals surface area contributed by atoms with E-state index in [2.05, 4.69) is 10.1 Å². The third-order valence-corrected chi connectivity index (χ3v) is 5.32. The lowest BCUT2D eigenvalue weighted by Crippen LogP contribution is -2.34. The van der Waals surface area contributed by atoms with Gasteiger partial charge in [-0.1, -0.05) is 41.7 Å². The molecule has 1 aliphatic heterocycles. The fraction of sp³-hybridized carbons (Fsp3) is 0.471. The second kappa shape index (κ2) is 6.94. The van der Waals surface area contributed by atoms with Gasteiger partial charge in [0.05, 0.1) is 22.2 Å². The molecule has 2 fully saturated rings. The van der Waals surface area contributed by atoms with E-state index >= 15 is 0 Å². The second-order valence-corrected chi connectivity index (χ2v) is 7.08. The summed E-state index contributed by atoms with van der Waals surface area (Å²) in [4.78, 5) is 18.6. The average Bonchev–Trinajstić information content (AvgIpc) is 3.28. The fourth-order valence-corrected chi connectivity index (χ4v) is 3.85. The molecule has 1 aromatic heterocycles. The van der Waals surface area contributed by atoms with Crippen LogP contribution in [0.2, 0.25) is 5.02 Å². The molecular formula is C17H20Cl2N4O2. The molecule has 1 saturated carbocycles.